The molecule has 0 saturated carbocycles. The first-order valence-corrected chi connectivity index (χ1v) is 5.70. The van der Waals surface area contributed by atoms with Gasteiger partial charge in [0, 0.05) is 17.5 Å². The van der Waals surface area contributed by atoms with E-state index in [0.717, 1.165) is 10.9 Å². The Balaban J connectivity index is 2.28. The highest BCUT2D eigenvalue weighted by Gasteiger charge is 2.32. The zero-order valence-electron chi connectivity index (χ0n) is 9.77. The zero-order valence-corrected chi connectivity index (χ0v) is 9.77. The number of quaternary nitrogens is 1. The predicted molar refractivity (Wildman–Crippen MR) is 69.0 cm³/mol. The van der Waals surface area contributed by atoms with Crippen LogP contribution in [0.15, 0.2) is 48.5 Å². The fourth-order valence-corrected chi connectivity index (χ4v) is 2.75. The van der Waals surface area contributed by atoms with Gasteiger partial charge < -0.3 is 0 Å². The van der Waals surface area contributed by atoms with Crippen molar-refractivity contribution in [1.82, 2.24) is 4.48 Å². The molecule has 0 saturated heterocycles. The SMILES string of the molecule is C[N+]1(C)c2ccccc2Cc2ccccc21. The molecule has 1 heterocycles. The summed E-state index contributed by atoms with van der Waals surface area (Å²) in [5.41, 5.74) is 5.74. The molecular formula is C15H16N+. The number of rotatable bonds is 0. The van der Waals surface area contributed by atoms with Crippen molar-refractivity contribution in [1.29, 1.82) is 0 Å². The second kappa shape index (κ2) is 3.19. The lowest BCUT2D eigenvalue weighted by atomic mass is 9.94. The van der Waals surface area contributed by atoms with E-state index in [9.17, 15) is 0 Å². The van der Waals surface area contributed by atoms with Gasteiger partial charge in [-0.3, -0.25) is 4.48 Å². The fourth-order valence-electron chi connectivity index (χ4n) is 2.75. The maximum absolute atomic E-state index is 2.26. The highest BCUT2D eigenvalue weighted by Crippen LogP contribution is 2.41. The van der Waals surface area contributed by atoms with Crippen molar-refractivity contribution in [2.75, 3.05) is 14.1 Å². The third-order valence-corrected chi connectivity index (χ3v) is 3.57. The van der Waals surface area contributed by atoms with Crippen LogP contribution in [-0.2, 0) is 6.42 Å². The minimum Gasteiger partial charge on any atom is -0.263 e. The Morgan fingerprint density at radius 1 is 0.750 bits per heavy atom. The molecule has 1 heteroatoms. The van der Waals surface area contributed by atoms with Crippen LogP contribution in [-0.4, -0.2) is 14.1 Å². The van der Waals surface area contributed by atoms with Gasteiger partial charge in [-0.05, 0) is 12.1 Å². The summed E-state index contributed by atoms with van der Waals surface area (Å²) in [5.74, 6) is 0. The lowest BCUT2D eigenvalue weighted by Gasteiger charge is -2.35. The van der Waals surface area contributed by atoms with E-state index in [1.165, 1.54) is 22.5 Å². The summed E-state index contributed by atoms with van der Waals surface area (Å²) >= 11 is 0. The van der Waals surface area contributed by atoms with Gasteiger partial charge in [0.15, 0.2) is 0 Å². The summed E-state index contributed by atoms with van der Waals surface area (Å²) < 4.78 is 0.854. The summed E-state index contributed by atoms with van der Waals surface area (Å²) in [6.07, 6.45) is 1.06. The number of hydrogen-bond acceptors (Lipinski definition) is 0. The zero-order chi connectivity index (χ0) is 11.2. The van der Waals surface area contributed by atoms with Crippen LogP contribution < -0.4 is 4.48 Å². The van der Waals surface area contributed by atoms with E-state index in [1.54, 1.807) is 0 Å². The Hall–Kier alpha value is -1.60. The minimum atomic E-state index is 0.854. The topological polar surface area (TPSA) is 0 Å². The number of hydrogen-bond donors (Lipinski definition) is 0. The van der Waals surface area contributed by atoms with Crippen molar-refractivity contribution >= 4 is 11.4 Å². The van der Waals surface area contributed by atoms with Gasteiger partial charge in [0.1, 0.15) is 11.4 Å². The summed E-state index contributed by atoms with van der Waals surface area (Å²) in [4.78, 5) is 0. The molecule has 0 fully saturated rings. The number of nitrogens with zero attached hydrogens (tertiary/aromatic N) is 1. The van der Waals surface area contributed by atoms with Crippen LogP contribution in [0.25, 0.3) is 0 Å². The average molecular weight is 210 g/mol. The fraction of sp³-hybridized carbons (Fsp3) is 0.200. The molecule has 1 aliphatic heterocycles. The lowest BCUT2D eigenvalue weighted by molar-refractivity contribution is 0.536. The second-order valence-electron chi connectivity index (χ2n) is 4.89. The van der Waals surface area contributed by atoms with Crippen LogP contribution in [0.3, 0.4) is 0 Å². The van der Waals surface area contributed by atoms with Gasteiger partial charge in [0.25, 0.3) is 0 Å². The third-order valence-electron chi connectivity index (χ3n) is 3.57. The van der Waals surface area contributed by atoms with Crippen molar-refractivity contribution in [3.8, 4) is 0 Å². The summed E-state index contributed by atoms with van der Waals surface area (Å²) in [7, 11) is 4.52. The number of benzene rings is 2. The van der Waals surface area contributed by atoms with E-state index >= 15 is 0 Å². The van der Waals surface area contributed by atoms with E-state index < -0.39 is 0 Å². The van der Waals surface area contributed by atoms with E-state index in [0.29, 0.717) is 0 Å². The van der Waals surface area contributed by atoms with E-state index in [2.05, 4.69) is 62.6 Å². The smallest absolute Gasteiger partial charge is 0.141 e. The number of para-hydroxylation sites is 2. The molecule has 2 aromatic rings. The number of fused-ring (bicyclic) bond motifs is 2. The molecule has 80 valence electrons. The largest absolute Gasteiger partial charge is 0.263 e. The summed E-state index contributed by atoms with van der Waals surface area (Å²) in [5, 5.41) is 0. The Morgan fingerprint density at radius 3 is 1.69 bits per heavy atom. The highest BCUT2D eigenvalue weighted by atomic mass is 15.3. The molecule has 0 N–H and O–H groups in total. The molecule has 1 aliphatic rings. The van der Waals surface area contributed by atoms with Crippen LogP contribution in [0.1, 0.15) is 11.1 Å². The van der Waals surface area contributed by atoms with Crippen LogP contribution in [0.2, 0.25) is 0 Å². The van der Waals surface area contributed by atoms with Crippen molar-refractivity contribution in [2.24, 2.45) is 0 Å². The molecule has 3 rings (SSSR count). The Morgan fingerprint density at radius 2 is 1.19 bits per heavy atom. The summed E-state index contributed by atoms with van der Waals surface area (Å²) in [6.45, 7) is 0. The molecule has 0 amide bonds. The molecule has 0 aliphatic carbocycles. The molecule has 0 spiro atoms. The Bertz CT molecular complexity index is 493. The van der Waals surface area contributed by atoms with Crippen molar-refractivity contribution in [3.63, 3.8) is 0 Å². The first-order chi connectivity index (χ1) is 7.69. The first kappa shape index (κ1) is 9.61. The highest BCUT2D eigenvalue weighted by molar-refractivity contribution is 5.69. The predicted octanol–water partition coefficient (Wildman–Crippen LogP) is 3.49. The van der Waals surface area contributed by atoms with Crippen molar-refractivity contribution in [2.45, 2.75) is 6.42 Å². The average Bonchev–Trinajstić information content (AvgIpc) is 2.29. The molecule has 1 nitrogen and oxygen atoms in total. The normalized spacial score (nSPS) is 16.4. The van der Waals surface area contributed by atoms with Crippen molar-refractivity contribution < 1.29 is 0 Å². The van der Waals surface area contributed by atoms with Gasteiger partial charge in [0.2, 0.25) is 0 Å². The van der Waals surface area contributed by atoms with Crippen LogP contribution in [0, 0.1) is 0 Å². The molecule has 2 aromatic carbocycles. The van der Waals surface area contributed by atoms with E-state index in [1.807, 2.05) is 0 Å². The van der Waals surface area contributed by atoms with Crippen LogP contribution >= 0.6 is 0 Å². The Labute approximate surface area is 96.5 Å². The van der Waals surface area contributed by atoms with E-state index in [4.69, 9.17) is 0 Å². The van der Waals surface area contributed by atoms with E-state index in [-0.39, 0.29) is 0 Å². The molecule has 16 heavy (non-hydrogen) atoms. The van der Waals surface area contributed by atoms with Crippen molar-refractivity contribution in [3.05, 3.63) is 59.7 Å². The maximum atomic E-state index is 2.26. The standard InChI is InChI=1S/C15H16N/c1-16(2)14-9-5-3-7-12(14)11-13-8-4-6-10-15(13)16/h3-10H,11H2,1-2H3/q+1. The molecule has 0 bridgehead atoms. The monoisotopic (exact) mass is 210 g/mol. The minimum absolute atomic E-state index is 0.854. The molecule has 0 radical (unpaired) electrons. The lowest BCUT2D eigenvalue weighted by Crippen LogP contribution is -2.38. The quantitative estimate of drug-likeness (QED) is 0.584. The molecular weight excluding hydrogens is 194 g/mol. The maximum Gasteiger partial charge on any atom is 0.141 e. The van der Waals surface area contributed by atoms with Gasteiger partial charge in [-0.2, -0.15) is 0 Å². The van der Waals surface area contributed by atoms with Gasteiger partial charge in [-0.25, -0.2) is 0 Å². The van der Waals surface area contributed by atoms with Gasteiger partial charge >= 0.3 is 0 Å². The van der Waals surface area contributed by atoms with Crippen LogP contribution in [0.5, 0.6) is 0 Å². The Kier molecular flexibility index (Phi) is 1.92. The molecule has 0 aromatic heterocycles. The molecule has 0 unspecified atom stereocenters. The second-order valence-corrected chi connectivity index (χ2v) is 4.89. The van der Waals surface area contributed by atoms with Gasteiger partial charge in [-0.15, -0.1) is 0 Å². The van der Waals surface area contributed by atoms with Gasteiger partial charge in [0.05, 0.1) is 14.1 Å². The van der Waals surface area contributed by atoms with Gasteiger partial charge in [-0.1, -0.05) is 36.4 Å². The summed E-state index contributed by atoms with van der Waals surface area (Å²) in [6, 6.07) is 17.5. The first-order valence-electron chi connectivity index (χ1n) is 5.70. The molecule has 0 atom stereocenters. The third kappa shape index (κ3) is 1.22. The van der Waals surface area contributed by atoms with Crippen LogP contribution in [0.4, 0.5) is 11.4 Å².